The first-order chi connectivity index (χ1) is 17.8. The number of rotatable bonds is 6. The van der Waals surface area contributed by atoms with Gasteiger partial charge in [-0.3, -0.25) is 10.1 Å². The van der Waals surface area contributed by atoms with Gasteiger partial charge in [0.1, 0.15) is 11.3 Å². The predicted octanol–water partition coefficient (Wildman–Crippen LogP) is 3.97. The molecule has 1 N–H and O–H groups in total. The third kappa shape index (κ3) is 5.52. The van der Waals surface area contributed by atoms with Crippen LogP contribution >= 0.6 is 0 Å². The van der Waals surface area contributed by atoms with Crippen molar-refractivity contribution in [1.29, 1.82) is 0 Å². The number of morpholine rings is 1. The van der Waals surface area contributed by atoms with Gasteiger partial charge < -0.3 is 24.4 Å². The van der Waals surface area contributed by atoms with Crippen molar-refractivity contribution in [2.45, 2.75) is 6.92 Å². The maximum absolute atomic E-state index is 14.5. The molecule has 12 heteroatoms. The van der Waals surface area contributed by atoms with Crippen LogP contribution in [0.1, 0.15) is 16.7 Å². The lowest BCUT2D eigenvalue weighted by atomic mass is 10.1. The van der Waals surface area contributed by atoms with Crippen molar-refractivity contribution >= 4 is 23.0 Å². The fraction of sp³-hybridized carbons (Fsp3) is 0.280. The lowest BCUT2D eigenvalue weighted by Crippen LogP contribution is -2.36. The van der Waals surface area contributed by atoms with E-state index in [1.54, 1.807) is 6.92 Å². The van der Waals surface area contributed by atoms with E-state index in [9.17, 15) is 18.9 Å². The topological polar surface area (TPSA) is 112 Å². The van der Waals surface area contributed by atoms with Crippen molar-refractivity contribution in [2.24, 2.45) is 0 Å². The first kappa shape index (κ1) is 25.6. The first-order valence-corrected chi connectivity index (χ1v) is 11.1. The number of nitro benzene ring substituents is 1. The number of aryl methyl sites for hydroxylation is 1. The monoisotopic (exact) mass is 511 g/mol. The van der Waals surface area contributed by atoms with Crippen LogP contribution in [0.5, 0.6) is 11.5 Å². The molecule has 4 rings (SSSR count). The largest absolute Gasteiger partial charge is 0.493 e. The van der Waals surface area contributed by atoms with Crippen LogP contribution in [-0.2, 0) is 4.74 Å². The van der Waals surface area contributed by atoms with Gasteiger partial charge in [-0.1, -0.05) is 11.8 Å². The maximum Gasteiger partial charge on any atom is 0.295 e. The molecule has 1 saturated heterocycles. The molecular weight excluding hydrogens is 488 g/mol. The van der Waals surface area contributed by atoms with Crippen LogP contribution in [0.25, 0.3) is 0 Å². The highest BCUT2D eigenvalue weighted by atomic mass is 19.1. The molecule has 37 heavy (non-hydrogen) atoms. The van der Waals surface area contributed by atoms with Gasteiger partial charge >= 0.3 is 0 Å². The molecule has 0 bridgehead atoms. The zero-order chi connectivity index (χ0) is 26.5. The van der Waals surface area contributed by atoms with Crippen LogP contribution in [-0.4, -0.2) is 55.4 Å². The highest BCUT2D eigenvalue weighted by molar-refractivity contribution is 5.75. The number of nitrogens with zero attached hydrogens (tertiary/aromatic N) is 4. The Morgan fingerprint density at radius 3 is 2.24 bits per heavy atom. The molecule has 0 atom stereocenters. The van der Waals surface area contributed by atoms with Gasteiger partial charge in [-0.05, 0) is 18.6 Å². The number of halogens is 2. The summed E-state index contributed by atoms with van der Waals surface area (Å²) in [5.74, 6) is 2.77. The summed E-state index contributed by atoms with van der Waals surface area (Å²) in [6.45, 7) is 4.16. The smallest absolute Gasteiger partial charge is 0.295 e. The summed E-state index contributed by atoms with van der Waals surface area (Å²) < 4.78 is 44.2. The highest BCUT2D eigenvalue weighted by Gasteiger charge is 2.22. The van der Waals surface area contributed by atoms with Crippen LogP contribution in [0, 0.1) is 40.5 Å². The molecule has 0 spiro atoms. The van der Waals surface area contributed by atoms with Crippen molar-refractivity contribution in [3.8, 4) is 23.3 Å². The molecule has 2 aromatic carbocycles. The Hall–Kier alpha value is -4.50. The Morgan fingerprint density at radius 1 is 1.05 bits per heavy atom. The molecule has 1 fully saturated rings. The van der Waals surface area contributed by atoms with Crippen molar-refractivity contribution in [3.05, 3.63) is 69.0 Å². The van der Waals surface area contributed by atoms with E-state index in [0.717, 1.165) is 11.8 Å². The number of methoxy groups -OCH3 is 2. The van der Waals surface area contributed by atoms with E-state index in [2.05, 4.69) is 27.1 Å². The molecule has 1 aliphatic rings. The van der Waals surface area contributed by atoms with Gasteiger partial charge in [0, 0.05) is 43.3 Å². The summed E-state index contributed by atoms with van der Waals surface area (Å²) in [6.07, 6.45) is 2.66. The zero-order valence-corrected chi connectivity index (χ0v) is 20.3. The second kappa shape index (κ2) is 11.0. The van der Waals surface area contributed by atoms with Crippen LogP contribution in [0.2, 0.25) is 0 Å². The minimum Gasteiger partial charge on any atom is -0.493 e. The standard InChI is InChI=1S/C25H23F2N5O5/c1-15-10-17(31-6-8-37-9-7-31)11-19(32(33)34)24(15)30-25-28-13-16(14-29-25)4-5-18-22(26)20(35-2)12-21(36-3)23(18)27/h10-14H,6-9H2,1-3H3,(H,28,29,30). The Morgan fingerprint density at radius 2 is 1.68 bits per heavy atom. The molecule has 1 aliphatic heterocycles. The molecule has 0 radical (unpaired) electrons. The average molecular weight is 511 g/mol. The lowest BCUT2D eigenvalue weighted by Gasteiger charge is -2.29. The highest BCUT2D eigenvalue weighted by Crippen LogP contribution is 2.35. The fourth-order valence-electron chi connectivity index (χ4n) is 3.76. The minimum atomic E-state index is -0.962. The van der Waals surface area contributed by atoms with Crippen molar-refractivity contribution in [3.63, 3.8) is 0 Å². The maximum atomic E-state index is 14.5. The summed E-state index contributed by atoms with van der Waals surface area (Å²) in [5.41, 5.74) is 1.25. The van der Waals surface area contributed by atoms with Crippen LogP contribution < -0.4 is 19.7 Å². The Balaban J connectivity index is 1.59. The van der Waals surface area contributed by atoms with Crippen molar-refractivity contribution < 1.29 is 27.9 Å². The number of hydrogen-bond acceptors (Lipinski definition) is 9. The van der Waals surface area contributed by atoms with E-state index >= 15 is 0 Å². The van der Waals surface area contributed by atoms with Crippen molar-refractivity contribution in [1.82, 2.24) is 9.97 Å². The van der Waals surface area contributed by atoms with E-state index in [0.29, 0.717) is 31.9 Å². The number of hydrogen-bond donors (Lipinski definition) is 1. The summed E-state index contributed by atoms with van der Waals surface area (Å²) in [4.78, 5) is 21.6. The average Bonchev–Trinajstić information content (AvgIpc) is 2.91. The van der Waals surface area contributed by atoms with Gasteiger partial charge in [-0.15, -0.1) is 0 Å². The molecule has 10 nitrogen and oxygen atoms in total. The Kier molecular flexibility index (Phi) is 7.64. The number of ether oxygens (including phenoxy) is 3. The first-order valence-electron chi connectivity index (χ1n) is 11.1. The molecule has 3 aromatic rings. The molecular formula is C25H23F2N5O5. The number of aromatic nitrogens is 2. The minimum absolute atomic E-state index is 0.0938. The van der Waals surface area contributed by atoms with Crippen molar-refractivity contribution in [2.75, 3.05) is 50.7 Å². The Bertz CT molecular complexity index is 1350. The fourth-order valence-corrected chi connectivity index (χ4v) is 3.76. The third-order valence-electron chi connectivity index (χ3n) is 5.67. The molecule has 0 amide bonds. The van der Waals surface area contributed by atoms with E-state index in [-0.39, 0.29) is 34.4 Å². The lowest BCUT2D eigenvalue weighted by molar-refractivity contribution is -0.383. The van der Waals surface area contributed by atoms with Gasteiger partial charge in [0.05, 0.1) is 37.9 Å². The molecule has 0 saturated carbocycles. The van der Waals surface area contributed by atoms with E-state index in [1.165, 1.54) is 32.7 Å². The molecule has 1 aromatic heterocycles. The van der Waals surface area contributed by atoms with Crippen LogP contribution in [0.4, 0.5) is 31.8 Å². The summed E-state index contributed by atoms with van der Waals surface area (Å²) in [6, 6.07) is 4.45. The zero-order valence-electron chi connectivity index (χ0n) is 20.3. The van der Waals surface area contributed by atoms with Gasteiger partial charge in [0.15, 0.2) is 23.1 Å². The number of nitrogens with one attached hydrogen (secondary N) is 1. The van der Waals surface area contributed by atoms with Gasteiger partial charge in [-0.2, -0.15) is 0 Å². The van der Waals surface area contributed by atoms with Crippen LogP contribution in [0.3, 0.4) is 0 Å². The molecule has 192 valence electrons. The Labute approximate surface area is 211 Å². The summed E-state index contributed by atoms with van der Waals surface area (Å²) in [5, 5.41) is 14.7. The van der Waals surface area contributed by atoms with Gasteiger partial charge in [-0.25, -0.2) is 18.7 Å². The molecule has 0 aliphatic carbocycles. The number of anilines is 3. The normalized spacial score (nSPS) is 12.9. The summed E-state index contributed by atoms with van der Waals surface area (Å²) in [7, 11) is 2.49. The van der Waals surface area contributed by atoms with E-state index in [4.69, 9.17) is 14.2 Å². The number of benzene rings is 2. The van der Waals surface area contributed by atoms with E-state index < -0.39 is 22.1 Å². The van der Waals surface area contributed by atoms with E-state index in [1.807, 2.05) is 11.0 Å². The second-order valence-corrected chi connectivity index (χ2v) is 7.97. The van der Waals surface area contributed by atoms with Crippen LogP contribution in [0.15, 0.2) is 30.6 Å². The molecule has 0 unspecified atom stereocenters. The van der Waals surface area contributed by atoms with Gasteiger partial charge in [0.2, 0.25) is 5.95 Å². The van der Waals surface area contributed by atoms with Gasteiger partial charge in [0.25, 0.3) is 5.69 Å². The summed E-state index contributed by atoms with van der Waals surface area (Å²) >= 11 is 0. The SMILES string of the molecule is COc1cc(OC)c(F)c(C#Cc2cnc(Nc3c(C)cc(N4CCOCC4)cc3[N+](=O)[O-])nc2)c1F. The third-order valence-corrected chi connectivity index (χ3v) is 5.67. The number of nitro groups is 1. The second-order valence-electron chi connectivity index (χ2n) is 7.97. The quantitative estimate of drug-likeness (QED) is 0.298. The molecule has 2 heterocycles. The predicted molar refractivity (Wildman–Crippen MR) is 132 cm³/mol.